The van der Waals surface area contributed by atoms with Gasteiger partial charge in [0.05, 0.1) is 41.3 Å². The van der Waals surface area contributed by atoms with Crippen LogP contribution in [-0.4, -0.2) is 40.1 Å². The lowest BCUT2D eigenvalue weighted by atomic mass is 10.0. The minimum Gasteiger partial charge on any atom is -0.495 e. The topological polar surface area (TPSA) is 80.3 Å². The van der Waals surface area contributed by atoms with Crippen LogP contribution in [0.4, 0.5) is 0 Å². The Labute approximate surface area is 185 Å². The molecule has 0 spiro atoms. The summed E-state index contributed by atoms with van der Waals surface area (Å²) in [4.78, 5) is 27.0. The van der Waals surface area contributed by atoms with Crippen LogP contribution in [0.5, 0.6) is 5.75 Å². The molecule has 0 atom stereocenters. The van der Waals surface area contributed by atoms with E-state index in [-0.39, 0.29) is 17.6 Å². The lowest BCUT2D eigenvalue weighted by Crippen LogP contribution is -2.40. The van der Waals surface area contributed by atoms with Gasteiger partial charge in [-0.3, -0.25) is 13.9 Å². The van der Waals surface area contributed by atoms with E-state index in [2.05, 4.69) is 6.07 Å². The molecule has 1 amide bonds. The number of benzene rings is 2. The van der Waals surface area contributed by atoms with Crippen LogP contribution < -0.4 is 10.4 Å². The van der Waals surface area contributed by atoms with Gasteiger partial charge in [0.2, 0.25) is 5.91 Å². The van der Waals surface area contributed by atoms with Crippen molar-refractivity contribution in [1.29, 1.82) is 5.26 Å². The number of hydrogen-bond acceptors (Lipinski definition) is 4. The summed E-state index contributed by atoms with van der Waals surface area (Å²) in [6.45, 7) is 3.15. The predicted molar refractivity (Wildman–Crippen MR) is 119 cm³/mol. The van der Waals surface area contributed by atoms with Crippen LogP contribution >= 0.6 is 11.6 Å². The Morgan fingerprint density at radius 2 is 1.94 bits per heavy atom. The normalized spacial score (nSPS) is 14.6. The van der Waals surface area contributed by atoms with E-state index >= 15 is 0 Å². The predicted octanol–water partition coefficient (Wildman–Crippen LogP) is 3.57. The maximum absolute atomic E-state index is 13.5. The third-order valence-corrected chi connectivity index (χ3v) is 6.22. The Balaban J connectivity index is 1.77. The van der Waals surface area contributed by atoms with Crippen LogP contribution in [-0.2, 0) is 11.3 Å². The molecule has 1 saturated heterocycles. The van der Waals surface area contributed by atoms with E-state index < -0.39 is 0 Å². The maximum atomic E-state index is 13.5. The van der Waals surface area contributed by atoms with Gasteiger partial charge in [-0.05, 0) is 48.7 Å². The number of carbonyl (C=O) groups excluding carboxylic acids is 1. The first-order valence-corrected chi connectivity index (χ1v) is 10.5. The van der Waals surface area contributed by atoms with Crippen molar-refractivity contribution in [3.63, 3.8) is 0 Å². The van der Waals surface area contributed by atoms with Gasteiger partial charge in [-0.2, -0.15) is 5.26 Å². The number of nitrogens with zero attached hydrogens (tertiary/aromatic N) is 4. The van der Waals surface area contributed by atoms with Gasteiger partial charge in [-0.15, -0.1) is 0 Å². The van der Waals surface area contributed by atoms with Crippen molar-refractivity contribution in [1.82, 2.24) is 14.0 Å². The summed E-state index contributed by atoms with van der Waals surface area (Å²) >= 11 is 6.27. The Bertz CT molecular complexity index is 1250. The third kappa shape index (κ3) is 3.91. The zero-order chi connectivity index (χ0) is 22.1. The van der Waals surface area contributed by atoms with Gasteiger partial charge < -0.3 is 9.64 Å². The van der Waals surface area contributed by atoms with E-state index in [0.29, 0.717) is 54.3 Å². The molecule has 0 radical (unpaired) electrons. The largest absolute Gasteiger partial charge is 0.495 e. The molecule has 1 aliphatic rings. The number of hydrogen-bond donors (Lipinski definition) is 0. The molecule has 7 nitrogen and oxygen atoms in total. The summed E-state index contributed by atoms with van der Waals surface area (Å²) in [6.07, 6.45) is 1.43. The summed E-state index contributed by atoms with van der Waals surface area (Å²) in [5.41, 5.74) is 2.74. The zero-order valence-corrected chi connectivity index (χ0v) is 18.2. The van der Waals surface area contributed by atoms with Crippen molar-refractivity contribution >= 4 is 28.5 Å². The highest BCUT2D eigenvalue weighted by Gasteiger charge is 2.26. The molecular formula is C23H23ClN4O3. The second-order valence-corrected chi connectivity index (χ2v) is 8.17. The lowest BCUT2D eigenvalue weighted by molar-refractivity contribution is -0.130. The highest BCUT2D eigenvalue weighted by Crippen LogP contribution is 2.28. The first-order valence-electron chi connectivity index (χ1n) is 10.2. The second-order valence-electron chi connectivity index (χ2n) is 7.76. The minimum atomic E-state index is -0.127. The van der Waals surface area contributed by atoms with Crippen molar-refractivity contribution in [2.75, 3.05) is 20.2 Å². The van der Waals surface area contributed by atoms with Gasteiger partial charge in [0.1, 0.15) is 5.75 Å². The zero-order valence-electron chi connectivity index (χ0n) is 17.5. The first kappa shape index (κ1) is 21.0. The van der Waals surface area contributed by atoms with Crippen molar-refractivity contribution in [3.8, 4) is 11.8 Å². The molecule has 4 rings (SSSR count). The van der Waals surface area contributed by atoms with Gasteiger partial charge in [0.25, 0.3) is 0 Å². The average Bonchev–Trinajstić information content (AvgIpc) is 3.04. The molecule has 0 N–H and O–H groups in total. The van der Waals surface area contributed by atoms with E-state index in [4.69, 9.17) is 16.3 Å². The van der Waals surface area contributed by atoms with E-state index in [0.717, 1.165) is 11.1 Å². The summed E-state index contributed by atoms with van der Waals surface area (Å²) < 4.78 is 8.72. The fourth-order valence-electron chi connectivity index (χ4n) is 4.28. The number of rotatable bonds is 4. The Hall–Kier alpha value is -3.24. The number of ether oxygens (including phenoxy) is 1. The number of amides is 1. The SMILES string of the molecule is COc1ccc(Cn2c(=O)n(C3CCN(C(C)=O)CC3)c3ccc(C#N)cc32)cc1Cl. The maximum Gasteiger partial charge on any atom is 0.329 e. The fourth-order valence-corrected chi connectivity index (χ4v) is 4.56. The summed E-state index contributed by atoms with van der Waals surface area (Å²) in [7, 11) is 1.56. The molecule has 1 aliphatic heterocycles. The van der Waals surface area contributed by atoms with Crippen molar-refractivity contribution in [3.05, 3.63) is 63.0 Å². The van der Waals surface area contributed by atoms with Gasteiger partial charge in [-0.25, -0.2) is 4.79 Å². The lowest BCUT2D eigenvalue weighted by Gasteiger charge is -2.31. The van der Waals surface area contributed by atoms with E-state index in [1.807, 2.05) is 21.6 Å². The molecule has 0 bridgehead atoms. The Morgan fingerprint density at radius 3 is 2.55 bits per heavy atom. The number of piperidine rings is 1. The summed E-state index contributed by atoms with van der Waals surface area (Å²) in [5.74, 6) is 0.632. The molecule has 0 unspecified atom stereocenters. The Kier molecular flexibility index (Phi) is 5.75. The number of nitriles is 1. The summed E-state index contributed by atoms with van der Waals surface area (Å²) in [6, 6.07) is 12.9. The van der Waals surface area contributed by atoms with Crippen LogP contribution in [0.2, 0.25) is 5.02 Å². The van der Waals surface area contributed by atoms with Crippen molar-refractivity contribution < 1.29 is 9.53 Å². The molecule has 2 aromatic carbocycles. The molecule has 160 valence electrons. The van der Waals surface area contributed by atoms with Gasteiger partial charge in [0, 0.05) is 26.1 Å². The number of aromatic nitrogens is 2. The van der Waals surface area contributed by atoms with Gasteiger partial charge in [-0.1, -0.05) is 17.7 Å². The number of fused-ring (bicyclic) bond motifs is 1. The summed E-state index contributed by atoms with van der Waals surface area (Å²) in [5, 5.41) is 9.84. The van der Waals surface area contributed by atoms with Gasteiger partial charge in [0.15, 0.2) is 0 Å². The molecular weight excluding hydrogens is 416 g/mol. The van der Waals surface area contributed by atoms with Crippen molar-refractivity contribution in [2.24, 2.45) is 0 Å². The fraction of sp³-hybridized carbons (Fsp3) is 0.348. The Morgan fingerprint density at radius 1 is 1.19 bits per heavy atom. The molecule has 8 heteroatoms. The molecule has 31 heavy (non-hydrogen) atoms. The smallest absolute Gasteiger partial charge is 0.329 e. The van der Waals surface area contributed by atoms with Crippen LogP contribution in [0.1, 0.15) is 36.9 Å². The molecule has 1 fully saturated rings. The van der Waals surface area contributed by atoms with Crippen LogP contribution in [0.3, 0.4) is 0 Å². The standard InChI is InChI=1S/C23H23ClN4O3/c1-15(29)26-9-7-18(8-10-26)28-20-5-3-16(13-25)12-21(20)27(23(28)30)14-17-4-6-22(31-2)19(24)11-17/h3-6,11-12,18H,7-10,14H2,1-2H3. The highest BCUT2D eigenvalue weighted by atomic mass is 35.5. The molecule has 1 aromatic heterocycles. The third-order valence-electron chi connectivity index (χ3n) is 5.92. The number of methoxy groups -OCH3 is 1. The first-order chi connectivity index (χ1) is 14.9. The number of imidazole rings is 1. The molecule has 3 aromatic rings. The van der Waals surface area contributed by atoms with Gasteiger partial charge >= 0.3 is 5.69 Å². The number of halogens is 1. The van der Waals surface area contributed by atoms with Crippen molar-refractivity contribution in [2.45, 2.75) is 32.4 Å². The monoisotopic (exact) mass is 438 g/mol. The van der Waals surface area contributed by atoms with Crippen LogP contribution in [0.15, 0.2) is 41.2 Å². The van der Waals surface area contributed by atoms with Crippen LogP contribution in [0, 0.1) is 11.3 Å². The highest BCUT2D eigenvalue weighted by molar-refractivity contribution is 6.32. The van der Waals surface area contributed by atoms with E-state index in [9.17, 15) is 14.9 Å². The van der Waals surface area contributed by atoms with E-state index in [1.54, 1.807) is 42.9 Å². The second kappa shape index (κ2) is 8.48. The van der Waals surface area contributed by atoms with Crippen LogP contribution in [0.25, 0.3) is 11.0 Å². The minimum absolute atomic E-state index is 0.000703. The average molecular weight is 439 g/mol. The number of carbonyl (C=O) groups is 1. The quantitative estimate of drug-likeness (QED) is 0.623. The molecule has 2 heterocycles. The molecule has 0 saturated carbocycles. The van der Waals surface area contributed by atoms with E-state index in [1.165, 1.54) is 0 Å². The number of likely N-dealkylation sites (tertiary alicyclic amines) is 1. The molecule has 0 aliphatic carbocycles.